The van der Waals surface area contributed by atoms with Crippen LogP contribution in [0.5, 0.6) is 5.75 Å². The van der Waals surface area contributed by atoms with Crippen LogP contribution in [0.15, 0.2) is 42.5 Å². The van der Waals surface area contributed by atoms with E-state index in [1.807, 2.05) is 36.4 Å². The van der Waals surface area contributed by atoms with Crippen molar-refractivity contribution in [1.82, 2.24) is 0 Å². The highest BCUT2D eigenvalue weighted by molar-refractivity contribution is 6.30. The number of hydrogen-bond donors (Lipinski definition) is 3. The molecule has 27 heavy (non-hydrogen) atoms. The van der Waals surface area contributed by atoms with Crippen molar-refractivity contribution in [2.45, 2.75) is 12.5 Å². The fourth-order valence-electron chi connectivity index (χ4n) is 1.98. The van der Waals surface area contributed by atoms with Gasteiger partial charge >= 0.3 is 11.9 Å². The van der Waals surface area contributed by atoms with E-state index in [0.717, 1.165) is 11.6 Å². The van der Waals surface area contributed by atoms with Gasteiger partial charge in [0.25, 0.3) is 0 Å². The third kappa shape index (κ3) is 6.93. The number of carbonyl (C=O) groups is 2. The normalized spacial score (nSPS) is 10.7. The molecule has 0 amide bonds. The van der Waals surface area contributed by atoms with Crippen molar-refractivity contribution >= 4 is 23.5 Å². The zero-order valence-electron chi connectivity index (χ0n) is 13.9. The molecule has 0 fully saturated rings. The maximum atomic E-state index is 13.4. The van der Waals surface area contributed by atoms with Gasteiger partial charge in [-0.2, -0.15) is 5.26 Å². The minimum Gasteiger partial charge on any atom is -0.484 e. The zero-order valence-corrected chi connectivity index (χ0v) is 14.7. The second-order valence-corrected chi connectivity index (χ2v) is 5.49. The average Bonchev–Trinajstić information content (AvgIpc) is 2.65. The Hall–Kier alpha value is -3.15. The fraction of sp³-hybridized carbons (Fsp3) is 0.167. The van der Waals surface area contributed by atoms with E-state index in [1.54, 1.807) is 0 Å². The number of halogens is 2. The lowest BCUT2D eigenvalue weighted by atomic mass is 10.1. The highest BCUT2D eigenvalue weighted by atomic mass is 35.5. The first kappa shape index (κ1) is 21.9. The molecule has 4 N–H and O–H groups in total. The summed E-state index contributed by atoms with van der Waals surface area (Å²) in [5, 5.41) is 23.8. The van der Waals surface area contributed by atoms with Crippen molar-refractivity contribution < 1.29 is 28.9 Å². The van der Waals surface area contributed by atoms with Crippen LogP contribution in [0, 0.1) is 17.1 Å². The van der Waals surface area contributed by atoms with Crippen molar-refractivity contribution in [3.63, 3.8) is 0 Å². The monoisotopic (exact) mass is 394 g/mol. The zero-order chi connectivity index (χ0) is 20.4. The Kier molecular flexibility index (Phi) is 8.72. The van der Waals surface area contributed by atoms with E-state index in [1.165, 1.54) is 6.07 Å². The second-order valence-electron chi connectivity index (χ2n) is 5.08. The number of hydrogen-bond acceptors (Lipinski definition) is 5. The molecule has 2 aromatic carbocycles. The summed E-state index contributed by atoms with van der Waals surface area (Å²) in [6.45, 7) is 0.427. The molecule has 0 saturated heterocycles. The van der Waals surface area contributed by atoms with E-state index in [2.05, 4.69) is 0 Å². The highest BCUT2D eigenvalue weighted by Crippen LogP contribution is 2.31. The minimum atomic E-state index is -1.82. The van der Waals surface area contributed by atoms with Gasteiger partial charge in [0, 0.05) is 12.5 Å². The minimum absolute atomic E-state index is 0.0800. The number of rotatable bonds is 5. The van der Waals surface area contributed by atoms with Crippen LogP contribution in [0.25, 0.3) is 0 Å². The SMILES string of the molecule is N#Cc1cc(F)c(Cl)cc1O[C@H](CCN)c1ccccc1.O=C(O)C(=O)O. The second kappa shape index (κ2) is 10.8. The van der Waals surface area contributed by atoms with E-state index in [4.69, 9.17) is 47.1 Å². The number of nitriles is 1. The number of nitrogens with zero attached hydrogens (tertiary/aromatic N) is 1. The summed E-state index contributed by atoms with van der Waals surface area (Å²) in [6.07, 6.45) is 0.258. The van der Waals surface area contributed by atoms with Crippen LogP contribution < -0.4 is 10.5 Å². The van der Waals surface area contributed by atoms with Crippen LogP contribution in [0.1, 0.15) is 23.7 Å². The molecule has 0 bridgehead atoms. The molecule has 7 nitrogen and oxygen atoms in total. The molecular weight excluding hydrogens is 379 g/mol. The summed E-state index contributed by atoms with van der Waals surface area (Å²) in [5.41, 5.74) is 6.66. The Morgan fingerprint density at radius 2 is 1.81 bits per heavy atom. The lowest BCUT2D eigenvalue weighted by Crippen LogP contribution is -2.14. The van der Waals surface area contributed by atoms with Crippen LogP contribution >= 0.6 is 11.6 Å². The van der Waals surface area contributed by atoms with Gasteiger partial charge in [-0.25, -0.2) is 14.0 Å². The molecule has 0 aliphatic heterocycles. The molecule has 0 unspecified atom stereocenters. The van der Waals surface area contributed by atoms with E-state index >= 15 is 0 Å². The van der Waals surface area contributed by atoms with Gasteiger partial charge in [-0.3, -0.25) is 0 Å². The average molecular weight is 395 g/mol. The Bertz CT molecular complexity index is 828. The lowest BCUT2D eigenvalue weighted by molar-refractivity contribution is -0.159. The molecule has 2 aromatic rings. The van der Waals surface area contributed by atoms with Crippen LogP contribution in [0.4, 0.5) is 4.39 Å². The van der Waals surface area contributed by atoms with Gasteiger partial charge < -0.3 is 20.7 Å². The maximum Gasteiger partial charge on any atom is 0.414 e. The van der Waals surface area contributed by atoms with Gasteiger partial charge in [-0.1, -0.05) is 41.9 Å². The lowest BCUT2D eigenvalue weighted by Gasteiger charge is -2.20. The van der Waals surface area contributed by atoms with Crippen molar-refractivity contribution in [3.05, 3.63) is 64.4 Å². The summed E-state index contributed by atoms with van der Waals surface area (Å²) in [4.78, 5) is 18.2. The maximum absolute atomic E-state index is 13.4. The number of nitrogens with two attached hydrogens (primary N) is 1. The molecule has 1 atom stereocenters. The molecule has 9 heteroatoms. The van der Waals surface area contributed by atoms with E-state index in [9.17, 15) is 4.39 Å². The standard InChI is InChI=1S/C16H14ClFN2O.C2H2O4/c17-13-9-16(12(10-20)8-14(13)18)21-15(6-7-19)11-4-2-1-3-5-11;3-1(4)2(5)6/h1-5,8-9,15H,6-7,19H2;(H,3,4)(H,5,6)/t15-;/m1./s1. The summed E-state index contributed by atoms with van der Waals surface area (Å²) < 4.78 is 19.2. The Morgan fingerprint density at radius 1 is 1.22 bits per heavy atom. The van der Waals surface area contributed by atoms with Crippen LogP contribution in [0.3, 0.4) is 0 Å². The Morgan fingerprint density at radius 3 is 2.30 bits per heavy atom. The molecule has 0 radical (unpaired) electrons. The van der Waals surface area contributed by atoms with E-state index in [0.29, 0.717) is 13.0 Å². The molecule has 0 aliphatic rings. The number of ether oxygens (including phenoxy) is 1. The predicted octanol–water partition coefficient (Wildman–Crippen LogP) is 2.98. The van der Waals surface area contributed by atoms with E-state index < -0.39 is 17.8 Å². The topological polar surface area (TPSA) is 134 Å². The molecule has 142 valence electrons. The molecule has 0 heterocycles. The van der Waals surface area contributed by atoms with Crippen LogP contribution in [-0.2, 0) is 9.59 Å². The molecule has 0 aliphatic carbocycles. The van der Waals surface area contributed by atoms with Crippen LogP contribution in [0.2, 0.25) is 5.02 Å². The largest absolute Gasteiger partial charge is 0.484 e. The van der Waals surface area contributed by atoms with Crippen molar-refractivity contribution in [2.24, 2.45) is 5.73 Å². The number of carboxylic acids is 2. The van der Waals surface area contributed by atoms with Gasteiger partial charge in [-0.15, -0.1) is 0 Å². The van der Waals surface area contributed by atoms with Crippen molar-refractivity contribution in [1.29, 1.82) is 5.26 Å². The van der Waals surface area contributed by atoms with Crippen molar-refractivity contribution in [2.75, 3.05) is 6.54 Å². The molecule has 0 saturated carbocycles. The molecule has 0 spiro atoms. The summed E-state index contributed by atoms with van der Waals surface area (Å²) in [7, 11) is 0. The third-order valence-electron chi connectivity index (χ3n) is 3.20. The Labute approximate surface area is 159 Å². The summed E-state index contributed by atoms with van der Waals surface area (Å²) >= 11 is 5.76. The van der Waals surface area contributed by atoms with Gasteiger partial charge in [0.1, 0.15) is 23.7 Å². The van der Waals surface area contributed by atoms with Gasteiger partial charge in [0.05, 0.1) is 10.6 Å². The van der Waals surface area contributed by atoms with Gasteiger partial charge in [0.2, 0.25) is 0 Å². The first-order valence-corrected chi connectivity index (χ1v) is 7.95. The first-order valence-electron chi connectivity index (χ1n) is 7.57. The number of carboxylic acid groups (broad SMARTS) is 2. The van der Waals surface area contributed by atoms with E-state index in [-0.39, 0.29) is 22.4 Å². The number of benzene rings is 2. The third-order valence-corrected chi connectivity index (χ3v) is 3.48. The quantitative estimate of drug-likeness (QED) is 0.663. The first-order chi connectivity index (χ1) is 12.8. The predicted molar refractivity (Wildman–Crippen MR) is 94.9 cm³/mol. The van der Waals surface area contributed by atoms with Gasteiger partial charge in [-0.05, 0) is 18.2 Å². The summed E-state index contributed by atoms with van der Waals surface area (Å²) in [6, 6.07) is 13.8. The highest BCUT2D eigenvalue weighted by Gasteiger charge is 2.16. The molecular formula is C18H16ClFN2O5. The Balaban J connectivity index is 0.000000527. The summed E-state index contributed by atoms with van der Waals surface area (Å²) in [5.74, 6) is -4.04. The van der Waals surface area contributed by atoms with Crippen molar-refractivity contribution in [3.8, 4) is 11.8 Å². The fourth-order valence-corrected chi connectivity index (χ4v) is 2.13. The van der Waals surface area contributed by atoms with Crippen LogP contribution in [-0.4, -0.2) is 28.7 Å². The number of aliphatic carboxylic acids is 2. The van der Waals surface area contributed by atoms with Gasteiger partial charge in [0.15, 0.2) is 0 Å². The smallest absolute Gasteiger partial charge is 0.414 e. The molecule has 2 rings (SSSR count). The molecule has 0 aromatic heterocycles.